The summed E-state index contributed by atoms with van der Waals surface area (Å²) >= 11 is 0. The summed E-state index contributed by atoms with van der Waals surface area (Å²) in [6.07, 6.45) is 1.25. The van der Waals surface area contributed by atoms with Crippen molar-refractivity contribution in [3.8, 4) is 11.8 Å². The van der Waals surface area contributed by atoms with E-state index < -0.39 is 0 Å². The zero-order valence-corrected chi connectivity index (χ0v) is 11.4. The number of amides is 1. The summed E-state index contributed by atoms with van der Waals surface area (Å²) in [6.45, 7) is 3.97. The molecule has 0 fully saturated rings. The van der Waals surface area contributed by atoms with Gasteiger partial charge in [-0.05, 0) is 37.6 Å². The van der Waals surface area contributed by atoms with E-state index in [-0.39, 0.29) is 11.7 Å². The second kappa shape index (κ2) is 6.04. The highest BCUT2D eigenvalue weighted by Crippen LogP contribution is 2.16. The molecule has 1 amide bonds. The molecule has 0 unspecified atom stereocenters. The molecule has 0 aliphatic rings. The van der Waals surface area contributed by atoms with Crippen molar-refractivity contribution in [3.63, 3.8) is 0 Å². The molecule has 0 aliphatic heterocycles. The van der Waals surface area contributed by atoms with Crippen molar-refractivity contribution in [1.82, 2.24) is 4.98 Å². The van der Waals surface area contributed by atoms with Gasteiger partial charge in [0, 0.05) is 11.3 Å². The van der Waals surface area contributed by atoms with E-state index in [0.717, 1.165) is 11.1 Å². The van der Waals surface area contributed by atoms with Crippen LogP contribution in [-0.4, -0.2) is 17.4 Å². The first-order valence-corrected chi connectivity index (χ1v) is 6.13. The fourth-order valence-electron chi connectivity index (χ4n) is 1.74. The van der Waals surface area contributed by atoms with Crippen molar-refractivity contribution >= 4 is 11.6 Å². The molecule has 0 spiro atoms. The topological polar surface area (TPSA) is 81.2 Å². The van der Waals surface area contributed by atoms with E-state index in [1.165, 1.54) is 6.39 Å². The second-order valence-corrected chi connectivity index (χ2v) is 4.26. The predicted octanol–water partition coefficient (Wildman–Crippen LogP) is 1.85. The largest absolute Gasteiger partial charge is 0.438 e. The van der Waals surface area contributed by atoms with Crippen LogP contribution in [-0.2, 0) is 0 Å². The van der Waals surface area contributed by atoms with Gasteiger partial charge in [0.05, 0.1) is 12.2 Å². The van der Waals surface area contributed by atoms with Crippen molar-refractivity contribution < 1.29 is 9.21 Å². The van der Waals surface area contributed by atoms with Gasteiger partial charge >= 0.3 is 0 Å². The number of anilines is 1. The fourth-order valence-corrected chi connectivity index (χ4v) is 1.74. The van der Waals surface area contributed by atoms with Crippen LogP contribution in [0.5, 0.6) is 0 Å². The Bertz CT molecular complexity index is 693. The summed E-state index contributed by atoms with van der Waals surface area (Å²) in [5.74, 6) is 5.67. The summed E-state index contributed by atoms with van der Waals surface area (Å²) in [5, 5.41) is 2.76. The third-order valence-electron chi connectivity index (χ3n) is 2.76. The van der Waals surface area contributed by atoms with Gasteiger partial charge in [-0.25, -0.2) is 4.98 Å². The first-order valence-electron chi connectivity index (χ1n) is 6.13. The Morgan fingerprint density at radius 2 is 2.25 bits per heavy atom. The number of aromatic nitrogens is 1. The maximum Gasteiger partial charge on any atom is 0.293 e. The Labute approximate surface area is 117 Å². The SMILES string of the molecule is Cc1cc(NC(=O)c2ocnc2C)ccc1C#CCN. The molecule has 5 heteroatoms. The van der Waals surface area contributed by atoms with E-state index >= 15 is 0 Å². The molecule has 2 rings (SSSR count). The Morgan fingerprint density at radius 3 is 2.85 bits per heavy atom. The van der Waals surface area contributed by atoms with E-state index in [1.807, 2.05) is 19.1 Å². The van der Waals surface area contributed by atoms with Gasteiger partial charge in [0.15, 0.2) is 6.39 Å². The lowest BCUT2D eigenvalue weighted by Crippen LogP contribution is -2.12. The monoisotopic (exact) mass is 269 g/mol. The maximum atomic E-state index is 12.0. The van der Waals surface area contributed by atoms with Crippen LogP contribution in [0.4, 0.5) is 5.69 Å². The van der Waals surface area contributed by atoms with Crippen LogP contribution in [0.1, 0.15) is 27.4 Å². The minimum atomic E-state index is -0.319. The molecule has 20 heavy (non-hydrogen) atoms. The molecular weight excluding hydrogens is 254 g/mol. The number of carbonyl (C=O) groups excluding carboxylic acids is 1. The first kappa shape index (κ1) is 13.8. The van der Waals surface area contributed by atoms with Crippen molar-refractivity contribution in [2.75, 3.05) is 11.9 Å². The highest BCUT2D eigenvalue weighted by molar-refractivity contribution is 6.02. The summed E-state index contributed by atoms with van der Waals surface area (Å²) in [6, 6.07) is 5.49. The average molecular weight is 269 g/mol. The van der Waals surface area contributed by atoms with E-state index in [4.69, 9.17) is 10.2 Å². The summed E-state index contributed by atoms with van der Waals surface area (Å²) in [4.78, 5) is 15.9. The van der Waals surface area contributed by atoms with Gasteiger partial charge in [-0.1, -0.05) is 11.8 Å². The standard InChI is InChI=1S/C15H15N3O2/c1-10-8-13(6-5-12(10)4-3-7-16)18-15(19)14-11(2)17-9-20-14/h5-6,8-9H,7,16H2,1-2H3,(H,18,19). The number of nitrogens with two attached hydrogens (primary N) is 1. The van der Waals surface area contributed by atoms with E-state index in [9.17, 15) is 4.79 Å². The van der Waals surface area contributed by atoms with E-state index in [0.29, 0.717) is 17.9 Å². The second-order valence-electron chi connectivity index (χ2n) is 4.26. The molecule has 0 atom stereocenters. The molecule has 0 aliphatic carbocycles. The number of nitrogens with zero attached hydrogens (tertiary/aromatic N) is 1. The van der Waals surface area contributed by atoms with Crippen LogP contribution in [0, 0.1) is 25.7 Å². The molecular formula is C15H15N3O2. The average Bonchev–Trinajstić information content (AvgIpc) is 2.84. The highest BCUT2D eigenvalue weighted by atomic mass is 16.3. The molecule has 1 aromatic carbocycles. The fraction of sp³-hybridized carbons (Fsp3) is 0.200. The molecule has 5 nitrogen and oxygen atoms in total. The third-order valence-corrected chi connectivity index (χ3v) is 2.76. The van der Waals surface area contributed by atoms with Gasteiger partial charge in [-0.15, -0.1) is 0 Å². The number of nitrogens with one attached hydrogen (secondary N) is 1. The first-order chi connectivity index (χ1) is 9.61. The summed E-state index contributed by atoms with van der Waals surface area (Å²) in [5.41, 5.74) is 8.45. The smallest absolute Gasteiger partial charge is 0.293 e. The zero-order valence-electron chi connectivity index (χ0n) is 11.4. The normalized spacial score (nSPS) is 9.75. The molecule has 0 saturated carbocycles. The lowest BCUT2D eigenvalue weighted by atomic mass is 10.1. The highest BCUT2D eigenvalue weighted by Gasteiger charge is 2.14. The van der Waals surface area contributed by atoms with Crippen LogP contribution < -0.4 is 11.1 Å². The number of hydrogen-bond donors (Lipinski definition) is 2. The lowest BCUT2D eigenvalue weighted by Gasteiger charge is -2.06. The van der Waals surface area contributed by atoms with Crippen molar-refractivity contribution in [2.24, 2.45) is 5.73 Å². The predicted molar refractivity (Wildman–Crippen MR) is 76.3 cm³/mol. The Morgan fingerprint density at radius 1 is 1.45 bits per heavy atom. The van der Waals surface area contributed by atoms with Crippen molar-refractivity contribution in [3.05, 3.63) is 47.2 Å². The molecule has 102 valence electrons. The van der Waals surface area contributed by atoms with E-state index in [1.54, 1.807) is 13.0 Å². The van der Waals surface area contributed by atoms with Crippen LogP contribution in [0.15, 0.2) is 29.0 Å². The Hall–Kier alpha value is -2.58. The van der Waals surface area contributed by atoms with Crippen LogP contribution >= 0.6 is 0 Å². The Kier molecular flexibility index (Phi) is 4.18. The number of hydrogen-bond acceptors (Lipinski definition) is 4. The third kappa shape index (κ3) is 3.05. The van der Waals surface area contributed by atoms with Crippen LogP contribution in [0.3, 0.4) is 0 Å². The number of aryl methyl sites for hydroxylation is 2. The van der Waals surface area contributed by atoms with Gasteiger partial charge in [0.1, 0.15) is 0 Å². The molecule has 3 N–H and O–H groups in total. The molecule has 1 heterocycles. The molecule has 0 bridgehead atoms. The Balaban J connectivity index is 2.17. The number of rotatable bonds is 2. The number of benzene rings is 1. The summed E-state index contributed by atoms with van der Waals surface area (Å²) < 4.78 is 5.05. The lowest BCUT2D eigenvalue weighted by molar-refractivity contribution is 0.0996. The van der Waals surface area contributed by atoms with Gasteiger partial charge < -0.3 is 15.5 Å². The van der Waals surface area contributed by atoms with Gasteiger partial charge in [-0.2, -0.15) is 0 Å². The molecule has 1 aromatic heterocycles. The zero-order chi connectivity index (χ0) is 14.5. The van der Waals surface area contributed by atoms with Gasteiger partial charge in [-0.3, -0.25) is 4.79 Å². The molecule has 0 saturated heterocycles. The number of oxazole rings is 1. The van der Waals surface area contributed by atoms with Crippen molar-refractivity contribution in [1.29, 1.82) is 0 Å². The van der Waals surface area contributed by atoms with Crippen LogP contribution in [0.25, 0.3) is 0 Å². The maximum absolute atomic E-state index is 12.0. The van der Waals surface area contributed by atoms with Crippen molar-refractivity contribution in [2.45, 2.75) is 13.8 Å². The summed E-state index contributed by atoms with van der Waals surface area (Å²) in [7, 11) is 0. The van der Waals surface area contributed by atoms with Crippen LogP contribution in [0.2, 0.25) is 0 Å². The van der Waals surface area contributed by atoms with E-state index in [2.05, 4.69) is 22.1 Å². The van der Waals surface area contributed by atoms with Gasteiger partial charge in [0.2, 0.25) is 5.76 Å². The number of carbonyl (C=O) groups is 1. The molecule has 0 radical (unpaired) electrons. The quantitative estimate of drug-likeness (QED) is 0.815. The van der Waals surface area contributed by atoms with Gasteiger partial charge in [0.25, 0.3) is 5.91 Å². The minimum Gasteiger partial charge on any atom is -0.438 e. The molecule has 2 aromatic rings. The minimum absolute atomic E-state index is 0.217.